The number of aryl methyl sites for hydroxylation is 1. The minimum absolute atomic E-state index is 0.188. The Labute approximate surface area is 133 Å². The van der Waals surface area contributed by atoms with Gasteiger partial charge in [-0.1, -0.05) is 0 Å². The molecule has 1 aliphatic heterocycles. The maximum absolute atomic E-state index is 10.9. The van der Waals surface area contributed by atoms with Crippen LogP contribution in [0, 0.1) is 17.0 Å². The molecule has 1 aromatic carbocycles. The number of nitrogens with zero attached hydrogens (tertiary/aromatic N) is 4. The van der Waals surface area contributed by atoms with Crippen LogP contribution in [0.3, 0.4) is 0 Å². The molecule has 1 fully saturated rings. The van der Waals surface area contributed by atoms with Gasteiger partial charge in [0.15, 0.2) is 0 Å². The molecule has 1 aromatic heterocycles. The number of hydrogen-bond donors (Lipinski definition) is 0. The van der Waals surface area contributed by atoms with E-state index in [0.717, 1.165) is 44.0 Å². The molecular formula is C15H18N4O2S. The molecule has 0 N–H and O–H groups in total. The highest BCUT2D eigenvalue weighted by atomic mass is 32.1. The number of anilines is 1. The zero-order valence-electron chi connectivity index (χ0n) is 12.4. The molecule has 0 atom stereocenters. The molecule has 0 amide bonds. The summed E-state index contributed by atoms with van der Waals surface area (Å²) in [6, 6.07) is 5.37. The first-order valence-corrected chi connectivity index (χ1v) is 8.11. The van der Waals surface area contributed by atoms with E-state index in [1.165, 1.54) is 4.88 Å². The van der Waals surface area contributed by atoms with Crippen LogP contribution in [0.5, 0.6) is 0 Å². The Morgan fingerprint density at radius 2 is 2.09 bits per heavy atom. The summed E-state index contributed by atoms with van der Waals surface area (Å²) >= 11 is 1.69. The predicted octanol–water partition coefficient (Wildman–Crippen LogP) is 2.68. The summed E-state index contributed by atoms with van der Waals surface area (Å²) in [6.45, 7) is 6.62. The van der Waals surface area contributed by atoms with Crippen molar-refractivity contribution in [3.63, 3.8) is 0 Å². The first-order valence-electron chi connectivity index (χ1n) is 7.23. The normalized spacial score (nSPS) is 16.0. The van der Waals surface area contributed by atoms with Gasteiger partial charge in [-0.15, -0.1) is 11.3 Å². The van der Waals surface area contributed by atoms with Crippen molar-refractivity contribution in [1.82, 2.24) is 9.88 Å². The zero-order valence-corrected chi connectivity index (χ0v) is 13.3. The standard InChI is InChI=1S/C15H18N4O2S/c1-12-8-13(2-3-15(12)19(20)21)18-6-4-17(5-7-18)10-14-9-16-11-22-14/h2-3,8-9,11H,4-7,10H2,1H3. The van der Waals surface area contributed by atoms with E-state index in [2.05, 4.69) is 14.8 Å². The molecule has 6 nitrogen and oxygen atoms in total. The zero-order chi connectivity index (χ0) is 15.5. The van der Waals surface area contributed by atoms with E-state index >= 15 is 0 Å². The lowest BCUT2D eigenvalue weighted by Crippen LogP contribution is -2.45. The molecule has 3 rings (SSSR count). The largest absolute Gasteiger partial charge is 0.369 e. The van der Waals surface area contributed by atoms with Gasteiger partial charge in [-0.05, 0) is 19.1 Å². The fraction of sp³-hybridized carbons (Fsp3) is 0.400. The number of hydrogen-bond acceptors (Lipinski definition) is 6. The van der Waals surface area contributed by atoms with E-state index in [9.17, 15) is 10.1 Å². The number of rotatable bonds is 4. The average Bonchev–Trinajstić information content (AvgIpc) is 3.00. The predicted molar refractivity (Wildman–Crippen MR) is 87.4 cm³/mol. The number of nitro groups is 1. The van der Waals surface area contributed by atoms with Crippen LogP contribution in [0.25, 0.3) is 0 Å². The van der Waals surface area contributed by atoms with Crippen molar-refractivity contribution in [2.75, 3.05) is 31.1 Å². The maximum atomic E-state index is 10.9. The molecule has 0 unspecified atom stereocenters. The van der Waals surface area contributed by atoms with Gasteiger partial charge in [-0.25, -0.2) is 0 Å². The average molecular weight is 318 g/mol. The van der Waals surface area contributed by atoms with Crippen LogP contribution in [0.15, 0.2) is 29.9 Å². The molecule has 0 saturated carbocycles. The molecule has 1 aliphatic rings. The number of thiazole rings is 1. The molecule has 2 heterocycles. The molecule has 22 heavy (non-hydrogen) atoms. The van der Waals surface area contributed by atoms with Gasteiger partial charge in [0.1, 0.15) is 0 Å². The number of aromatic nitrogens is 1. The Hall–Kier alpha value is -1.99. The van der Waals surface area contributed by atoms with Gasteiger partial charge < -0.3 is 4.90 Å². The van der Waals surface area contributed by atoms with Crippen LogP contribution in [0.1, 0.15) is 10.4 Å². The Balaban J connectivity index is 1.61. The SMILES string of the molecule is Cc1cc(N2CCN(Cc3cncs3)CC2)ccc1[N+](=O)[O-]. The van der Waals surface area contributed by atoms with Gasteiger partial charge in [-0.2, -0.15) is 0 Å². The van der Waals surface area contributed by atoms with Crippen molar-refractivity contribution in [2.24, 2.45) is 0 Å². The maximum Gasteiger partial charge on any atom is 0.272 e. The Bertz CT molecular complexity index is 652. The second kappa shape index (κ2) is 6.41. The summed E-state index contributed by atoms with van der Waals surface area (Å²) in [6.07, 6.45) is 1.93. The molecule has 116 valence electrons. The summed E-state index contributed by atoms with van der Waals surface area (Å²) in [7, 11) is 0. The van der Waals surface area contributed by atoms with E-state index in [1.54, 1.807) is 24.3 Å². The molecule has 0 aliphatic carbocycles. The van der Waals surface area contributed by atoms with Crippen LogP contribution >= 0.6 is 11.3 Å². The molecule has 2 aromatic rings. The Kier molecular flexibility index (Phi) is 4.35. The first-order chi connectivity index (χ1) is 10.6. The summed E-state index contributed by atoms with van der Waals surface area (Å²) in [5.74, 6) is 0. The van der Waals surface area contributed by atoms with Gasteiger partial charge in [0.2, 0.25) is 0 Å². The van der Waals surface area contributed by atoms with Crippen molar-refractivity contribution in [3.05, 3.63) is 50.5 Å². The second-order valence-corrected chi connectivity index (χ2v) is 6.43. The van der Waals surface area contributed by atoms with Crippen molar-refractivity contribution in [3.8, 4) is 0 Å². The fourth-order valence-electron chi connectivity index (χ4n) is 2.75. The van der Waals surface area contributed by atoms with Gasteiger partial charge >= 0.3 is 0 Å². The lowest BCUT2D eigenvalue weighted by molar-refractivity contribution is -0.385. The van der Waals surface area contributed by atoms with E-state index in [1.807, 2.05) is 23.8 Å². The molecule has 1 saturated heterocycles. The van der Waals surface area contributed by atoms with E-state index < -0.39 is 0 Å². The number of benzene rings is 1. The molecule has 0 bridgehead atoms. The van der Waals surface area contributed by atoms with Gasteiger partial charge in [0.25, 0.3) is 5.69 Å². The summed E-state index contributed by atoms with van der Waals surface area (Å²) in [4.78, 5) is 20.7. The third kappa shape index (κ3) is 3.26. The second-order valence-electron chi connectivity index (χ2n) is 5.46. The number of piperazine rings is 1. The highest BCUT2D eigenvalue weighted by Gasteiger charge is 2.19. The van der Waals surface area contributed by atoms with Crippen molar-refractivity contribution >= 4 is 22.7 Å². The van der Waals surface area contributed by atoms with Gasteiger partial charge in [-0.3, -0.25) is 20.0 Å². The Morgan fingerprint density at radius 1 is 1.32 bits per heavy atom. The van der Waals surface area contributed by atoms with Crippen LogP contribution in [0.4, 0.5) is 11.4 Å². The quantitative estimate of drug-likeness (QED) is 0.640. The monoisotopic (exact) mass is 318 g/mol. The lowest BCUT2D eigenvalue weighted by Gasteiger charge is -2.36. The van der Waals surface area contributed by atoms with Crippen molar-refractivity contribution < 1.29 is 4.92 Å². The van der Waals surface area contributed by atoms with Gasteiger partial charge in [0.05, 0.1) is 10.4 Å². The molecule has 7 heteroatoms. The third-order valence-electron chi connectivity index (χ3n) is 3.98. The highest BCUT2D eigenvalue weighted by Crippen LogP contribution is 2.25. The summed E-state index contributed by atoms with van der Waals surface area (Å²) in [5, 5.41) is 10.9. The molecule has 0 radical (unpaired) electrons. The van der Waals surface area contributed by atoms with Crippen molar-refractivity contribution in [1.29, 1.82) is 0 Å². The smallest absolute Gasteiger partial charge is 0.272 e. The molecular weight excluding hydrogens is 300 g/mol. The topological polar surface area (TPSA) is 62.5 Å². The number of nitro benzene ring substituents is 1. The van der Waals surface area contributed by atoms with Crippen LogP contribution in [-0.2, 0) is 6.54 Å². The van der Waals surface area contributed by atoms with Crippen LogP contribution < -0.4 is 4.90 Å². The summed E-state index contributed by atoms with van der Waals surface area (Å²) in [5.41, 5.74) is 3.84. The highest BCUT2D eigenvalue weighted by molar-refractivity contribution is 7.09. The summed E-state index contributed by atoms with van der Waals surface area (Å²) < 4.78 is 0. The molecule has 0 spiro atoms. The lowest BCUT2D eigenvalue weighted by atomic mass is 10.1. The van der Waals surface area contributed by atoms with E-state index in [4.69, 9.17) is 0 Å². The van der Waals surface area contributed by atoms with E-state index in [-0.39, 0.29) is 10.6 Å². The van der Waals surface area contributed by atoms with Crippen LogP contribution in [0.2, 0.25) is 0 Å². The fourth-order valence-corrected chi connectivity index (χ4v) is 3.38. The van der Waals surface area contributed by atoms with E-state index in [0.29, 0.717) is 0 Å². The minimum Gasteiger partial charge on any atom is -0.369 e. The van der Waals surface area contributed by atoms with Crippen LogP contribution in [-0.4, -0.2) is 41.0 Å². The minimum atomic E-state index is -0.327. The van der Waals surface area contributed by atoms with Crippen molar-refractivity contribution in [2.45, 2.75) is 13.5 Å². The van der Waals surface area contributed by atoms with Gasteiger partial charge in [0, 0.05) is 61.1 Å². The first kappa shape index (κ1) is 14.9. The Morgan fingerprint density at radius 3 is 2.68 bits per heavy atom. The third-order valence-corrected chi connectivity index (χ3v) is 4.74.